The van der Waals surface area contributed by atoms with Crippen LogP contribution in [-0.4, -0.2) is 59.8 Å². The van der Waals surface area contributed by atoms with E-state index in [1.165, 1.54) is 38.8 Å². The standard InChI is InChI=1S/C11H22N4S2.BrH/c1-13(2)10-12-11(17-16-10)14(3)15-8-6-4-5-7-9-15;/h10H,4-9H2,1-3H3;1H. The molecule has 1 saturated heterocycles. The summed E-state index contributed by atoms with van der Waals surface area (Å²) in [6, 6.07) is 0. The normalized spacial score (nSPS) is 25.6. The van der Waals surface area contributed by atoms with Gasteiger partial charge in [0, 0.05) is 20.1 Å². The summed E-state index contributed by atoms with van der Waals surface area (Å²) < 4.78 is 0. The van der Waals surface area contributed by atoms with Gasteiger partial charge in [0.1, 0.15) is 0 Å². The van der Waals surface area contributed by atoms with Crippen LogP contribution in [0.15, 0.2) is 4.99 Å². The molecular formula is C11H23BrN4S2. The highest BCUT2D eigenvalue weighted by atomic mass is 79.9. The molecule has 2 aliphatic rings. The predicted molar refractivity (Wildman–Crippen MR) is 88.2 cm³/mol. The fourth-order valence-electron chi connectivity index (χ4n) is 2.04. The molecule has 0 aromatic heterocycles. The molecule has 0 spiro atoms. The molecule has 0 aliphatic carbocycles. The zero-order valence-electron chi connectivity index (χ0n) is 11.3. The number of hydrazine groups is 1. The Bertz CT molecular complexity index is 280. The predicted octanol–water partition coefficient (Wildman–Crippen LogP) is 2.88. The second-order valence-corrected chi connectivity index (χ2v) is 7.00. The smallest absolute Gasteiger partial charge is 0.187 e. The van der Waals surface area contributed by atoms with E-state index in [0.717, 1.165) is 5.17 Å². The van der Waals surface area contributed by atoms with E-state index in [4.69, 9.17) is 4.99 Å². The van der Waals surface area contributed by atoms with Crippen molar-refractivity contribution in [3.8, 4) is 0 Å². The van der Waals surface area contributed by atoms with Gasteiger partial charge in [0.25, 0.3) is 0 Å². The molecule has 7 heteroatoms. The van der Waals surface area contributed by atoms with E-state index in [0.29, 0.717) is 0 Å². The Morgan fingerprint density at radius 2 is 1.72 bits per heavy atom. The molecule has 2 aliphatic heterocycles. The van der Waals surface area contributed by atoms with Gasteiger partial charge in [0.2, 0.25) is 0 Å². The van der Waals surface area contributed by atoms with Crippen LogP contribution in [0.1, 0.15) is 25.7 Å². The van der Waals surface area contributed by atoms with Gasteiger partial charge >= 0.3 is 0 Å². The summed E-state index contributed by atoms with van der Waals surface area (Å²) in [5.41, 5.74) is 0.268. The van der Waals surface area contributed by atoms with Crippen molar-refractivity contribution in [1.29, 1.82) is 0 Å². The van der Waals surface area contributed by atoms with Crippen LogP contribution in [-0.2, 0) is 0 Å². The van der Waals surface area contributed by atoms with Crippen LogP contribution in [0.2, 0.25) is 0 Å². The largest absolute Gasteiger partial charge is 0.287 e. The van der Waals surface area contributed by atoms with Crippen LogP contribution in [0.4, 0.5) is 0 Å². The van der Waals surface area contributed by atoms with Crippen LogP contribution in [0.3, 0.4) is 0 Å². The summed E-state index contributed by atoms with van der Waals surface area (Å²) >= 11 is 0. The molecule has 4 nitrogen and oxygen atoms in total. The van der Waals surface area contributed by atoms with E-state index >= 15 is 0 Å². The molecule has 0 aromatic rings. The number of nitrogens with zero attached hydrogens (tertiary/aromatic N) is 4. The number of halogens is 1. The summed E-state index contributed by atoms with van der Waals surface area (Å²) in [5.74, 6) is 0. The summed E-state index contributed by atoms with van der Waals surface area (Å²) in [5, 5.41) is 5.85. The average molecular weight is 355 g/mol. The van der Waals surface area contributed by atoms with Crippen molar-refractivity contribution >= 4 is 43.7 Å². The molecule has 1 atom stereocenters. The Morgan fingerprint density at radius 1 is 1.11 bits per heavy atom. The van der Waals surface area contributed by atoms with Gasteiger partial charge < -0.3 is 0 Å². The third-order valence-electron chi connectivity index (χ3n) is 3.15. The van der Waals surface area contributed by atoms with Crippen molar-refractivity contribution in [3.63, 3.8) is 0 Å². The fourth-order valence-corrected chi connectivity index (χ4v) is 4.57. The molecule has 106 valence electrons. The maximum absolute atomic E-state index is 4.75. The average Bonchev–Trinajstić information content (AvgIpc) is 2.65. The van der Waals surface area contributed by atoms with Crippen molar-refractivity contribution < 1.29 is 0 Å². The quantitative estimate of drug-likeness (QED) is 0.709. The number of amidine groups is 1. The van der Waals surface area contributed by atoms with Crippen molar-refractivity contribution in [2.75, 3.05) is 34.2 Å². The number of hydrogen-bond acceptors (Lipinski definition) is 6. The minimum absolute atomic E-state index is 0. The Kier molecular flexibility index (Phi) is 7.38. The molecule has 2 heterocycles. The van der Waals surface area contributed by atoms with Crippen LogP contribution in [0.5, 0.6) is 0 Å². The first-order valence-corrected chi connectivity index (χ1v) is 8.46. The highest BCUT2D eigenvalue weighted by Gasteiger charge is 2.26. The van der Waals surface area contributed by atoms with Crippen molar-refractivity contribution in [3.05, 3.63) is 0 Å². The van der Waals surface area contributed by atoms with Crippen molar-refractivity contribution in [2.45, 2.75) is 31.2 Å². The van der Waals surface area contributed by atoms with Crippen LogP contribution in [0.25, 0.3) is 0 Å². The highest BCUT2D eigenvalue weighted by molar-refractivity contribution is 8.93. The van der Waals surface area contributed by atoms with Crippen molar-refractivity contribution in [2.24, 2.45) is 4.99 Å². The van der Waals surface area contributed by atoms with Gasteiger partial charge in [-0.15, -0.1) is 17.0 Å². The van der Waals surface area contributed by atoms with E-state index in [1.54, 1.807) is 10.8 Å². The van der Waals surface area contributed by atoms with Gasteiger partial charge in [-0.25, -0.2) is 10.0 Å². The van der Waals surface area contributed by atoms with Gasteiger partial charge in [-0.2, -0.15) is 0 Å². The third kappa shape index (κ3) is 4.30. The zero-order valence-corrected chi connectivity index (χ0v) is 14.7. The lowest BCUT2D eigenvalue weighted by molar-refractivity contribution is 0.0775. The number of rotatable bonds is 2. The Morgan fingerprint density at radius 3 is 2.22 bits per heavy atom. The highest BCUT2D eigenvalue weighted by Crippen LogP contribution is 2.38. The SMILES string of the molecule is Br.CN(C)C1N=C(N(C)N2CCCCCC2)SS1. The maximum Gasteiger partial charge on any atom is 0.187 e. The van der Waals surface area contributed by atoms with E-state index in [9.17, 15) is 0 Å². The summed E-state index contributed by atoms with van der Waals surface area (Å²) in [6.07, 6.45) is 5.37. The van der Waals surface area contributed by atoms with E-state index < -0.39 is 0 Å². The van der Waals surface area contributed by atoms with Gasteiger partial charge in [0.05, 0.1) is 0 Å². The monoisotopic (exact) mass is 354 g/mol. The van der Waals surface area contributed by atoms with Crippen LogP contribution in [0, 0.1) is 0 Å². The van der Waals surface area contributed by atoms with E-state index in [-0.39, 0.29) is 22.5 Å². The lowest BCUT2D eigenvalue weighted by Gasteiger charge is -2.31. The van der Waals surface area contributed by atoms with Gasteiger partial charge in [-0.1, -0.05) is 12.8 Å². The molecule has 0 aromatic carbocycles. The summed E-state index contributed by atoms with van der Waals surface area (Å²) in [6.45, 7) is 2.35. The number of aliphatic imine (C=N–C) groups is 1. The molecular weight excluding hydrogens is 332 g/mol. The second kappa shape index (κ2) is 7.99. The topological polar surface area (TPSA) is 22.1 Å². The van der Waals surface area contributed by atoms with Gasteiger partial charge in [-0.3, -0.25) is 9.91 Å². The Labute approximate surface area is 129 Å². The van der Waals surface area contributed by atoms with Crippen LogP contribution >= 0.6 is 38.6 Å². The minimum Gasteiger partial charge on any atom is -0.287 e. The second-order valence-electron chi connectivity index (χ2n) is 4.77. The maximum atomic E-state index is 4.75. The molecule has 0 amide bonds. The number of hydrogen-bond donors (Lipinski definition) is 0. The third-order valence-corrected chi connectivity index (χ3v) is 5.72. The fraction of sp³-hybridized carbons (Fsp3) is 0.909. The Balaban J connectivity index is 0.00000162. The first kappa shape index (κ1) is 16.6. The molecule has 0 N–H and O–H groups in total. The minimum atomic E-state index is 0. The first-order valence-electron chi connectivity index (χ1n) is 6.24. The molecule has 0 radical (unpaired) electrons. The van der Waals surface area contributed by atoms with E-state index in [2.05, 4.69) is 36.1 Å². The van der Waals surface area contributed by atoms with Gasteiger partial charge in [0.15, 0.2) is 10.7 Å². The van der Waals surface area contributed by atoms with E-state index in [1.807, 2.05) is 10.8 Å². The first-order chi connectivity index (χ1) is 8.18. The molecule has 18 heavy (non-hydrogen) atoms. The molecule has 1 unspecified atom stereocenters. The van der Waals surface area contributed by atoms with Crippen molar-refractivity contribution in [1.82, 2.24) is 14.9 Å². The molecule has 0 bridgehead atoms. The molecule has 0 saturated carbocycles. The molecule has 2 rings (SSSR count). The summed E-state index contributed by atoms with van der Waals surface area (Å²) in [7, 11) is 9.93. The Hall–Kier alpha value is 0.570. The lowest BCUT2D eigenvalue weighted by Crippen LogP contribution is -2.42. The summed E-state index contributed by atoms with van der Waals surface area (Å²) in [4.78, 5) is 6.90. The lowest BCUT2D eigenvalue weighted by atomic mass is 10.2. The zero-order chi connectivity index (χ0) is 12.3. The van der Waals surface area contributed by atoms with Gasteiger partial charge in [-0.05, 0) is 48.5 Å². The van der Waals surface area contributed by atoms with Crippen LogP contribution < -0.4 is 0 Å². The molecule has 1 fully saturated rings.